The number of nitrogens with zero attached hydrogens (tertiary/aromatic N) is 6. The van der Waals surface area contributed by atoms with E-state index in [9.17, 15) is 0 Å². The Hall–Kier alpha value is -7.34. The summed E-state index contributed by atoms with van der Waals surface area (Å²) in [6, 6.07) is 39.5. The zero-order valence-corrected chi connectivity index (χ0v) is 41.1. The maximum absolute atomic E-state index is 8.87. The summed E-state index contributed by atoms with van der Waals surface area (Å²) in [6.45, 7) is 14.6. The SMILES string of the molecule is C#C.C/C=C\C=NCc1cc(-c2ccc(OCCOCC(CC)OCCO)cc2)cc(-c2ccccn2)n1.CC.CCCC.c1ccc(-c2cc(-c3ccccn3)nc(C3C=CC=CC=N3)c2)cc#1. The van der Waals surface area contributed by atoms with E-state index in [-0.39, 0.29) is 18.8 Å². The Labute approximate surface area is 411 Å². The van der Waals surface area contributed by atoms with Crippen molar-refractivity contribution in [2.45, 2.75) is 79.5 Å². The first-order valence-corrected chi connectivity index (χ1v) is 23.6. The van der Waals surface area contributed by atoms with Crippen molar-refractivity contribution in [3.8, 4) is 63.6 Å². The first-order valence-electron chi connectivity index (χ1n) is 23.6. The molecular formula is C59H68N6O4. The summed E-state index contributed by atoms with van der Waals surface area (Å²) < 4.78 is 17.0. The molecule has 10 heteroatoms. The van der Waals surface area contributed by atoms with Crippen molar-refractivity contribution < 1.29 is 19.3 Å². The standard InChI is InChI=1S/C29H35N3O4.C22H15N3.C4H10.C2H6.C2H2/c1-3-5-13-30-21-25-19-24(20-29(32-25)28-8-6-7-14-31-28)23-9-11-27(12-10-23)36-18-17-34-22-26(4-2)35-16-15-33;1-3-9-17(10-4-1)18-15-21(19-11-5-2-7-13-23-19)25-22(16-18)20-12-6-8-14-24-20;1-3-4-2;2*1-2/h3,5-14,19-20,26,33H,4,15-18,21-22H2,1-2H3;2-3,5-16,19H;3-4H2,1-2H3;1-2H3;1-2H/b5-3-,30-13?;;;;. The fourth-order valence-corrected chi connectivity index (χ4v) is 6.15. The van der Waals surface area contributed by atoms with Gasteiger partial charge in [-0.05, 0) is 127 Å². The third kappa shape index (κ3) is 20.6. The average Bonchev–Trinajstić information content (AvgIpc) is 3.73. The molecule has 1 aliphatic heterocycles. The number of aliphatic hydroxyl groups is 1. The van der Waals surface area contributed by atoms with Crippen molar-refractivity contribution in [1.29, 1.82) is 0 Å². The highest BCUT2D eigenvalue weighted by atomic mass is 16.6. The summed E-state index contributed by atoms with van der Waals surface area (Å²) in [5.74, 6) is 0.779. The van der Waals surface area contributed by atoms with E-state index in [1.807, 2.05) is 155 Å². The van der Waals surface area contributed by atoms with E-state index < -0.39 is 0 Å². The second-order valence-corrected chi connectivity index (χ2v) is 14.7. The highest BCUT2D eigenvalue weighted by molar-refractivity contribution is 5.74. The molecule has 7 rings (SSSR count). The van der Waals surface area contributed by atoms with Gasteiger partial charge in [-0.3, -0.25) is 20.0 Å². The third-order valence-corrected chi connectivity index (χ3v) is 9.75. The van der Waals surface area contributed by atoms with E-state index in [2.05, 4.69) is 77.0 Å². The van der Waals surface area contributed by atoms with Crippen LogP contribution < -0.4 is 4.74 Å². The number of unbranched alkanes of at least 4 members (excludes halogenated alkanes) is 1. The number of aliphatic imine (C=N–C) groups is 2. The Bertz CT molecular complexity index is 2380. The van der Waals surface area contributed by atoms with Crippen LogP contribution in [0, 0.1) is 25.0 Å². The Morgan fingerprint density at radius 2 is 1.43 bits per heavy atom. The van der Waals surface area contributed by atoms with Gasteiger partial charge in [0.15, 0.2) is 0 Å². The van der Waals surface area contributed by atoms with Gasteiger partial charge in [0.25, 0.3) is 0 Å². The zero-order valence-electron chi connectivity index (χ0n) is 41.1. The Balaban J connectivity index is 0.000000331. The van der Waals surface area contributed by atoms with Crippen molar-refractivity contribution in [3.05, 3.63) is 175 Å². The van der Waals surface area contributed by atoms with Crippen LogP contribution in [0.2, 0.25) is 0 Å². The summed E-state index contributed by atoms with van der Waals surface area (Å²) in [4.78, 5) is 27.5. The van der Waals surface area contributed by atoms with Gasteiger partial charge < -0.3 is 19.3 Å². The largest absolute Gasteiger partial charge is 0.491 e. The fourth-order valence-electron chi connectivity index (χ4n) is 6.15. The number of ether oxygens (including phenoxy) is 3. The number of rotatable bonds is 19. The number of allylic oxidation sites excluding steroid dienone is 5. The molecule has 2 atom stereocenters. The normalized spacial score (nSPS) is 12.7. The molecule has 2 unspecified atom stereocenters. The molecule has 0 aliphatic carbocycles. The molecule has 0 saturated carbocycles. The molecule has 0 spiro atoms. The highest BCUT2D eigenvalue weighted by Gasteiger charge is 2.14. The second kappa shape index (κ2) is 34.9. The van der Waals surface area contributed by atoms with E-state index >= 15 is 0 Å². The molecule has 6 aromatic rings. The maximum Gasteiger partial charge on any atom is 0.119 e. The summed E-state index contributed by atoms with van der Waals surface area (Å²) in [6.07, 6.45) is 30.4. The molecule has 358 valence electrons. The summed E-state index contributed by atoms with van der Waals surface area (Å²) in [5, 5.41) is 8.87. The van der Waals surface area contributed by atoms with Gasteiger partial charge in [0.1, 0.15) is 18.4 Å². The number of benzene rings is 1. The van der Waals surface area contributed by atoms with Gasteiger partial charge in [-0.1, -0.05) is 108 Å². The van der Waals surface area contributed by atoms with Crippen LogP contribution in [-0.2, 0) is 16.0 Å². The molecule has 1 aliphatic rings. The zero-order chi connectivity index (χ0) is 49.7. The van der Waals surface area contributed by atoms with Crippen molar-refractivity contribution in [1.82, 2.24) is 19.9 Å². The average molecular weight is 925 g/mol. The number of aliphatic hydroxyl groups excluding tert-OH is 1. The lowest BCUT2D eigenvalue weighted by Crippen LogP contribution is -2.22. The minimum Gasteiger partial charge on any atom is -0.491 e. The van der Waals surface area contributed by atoms with Crippen LogP contribution in [0.5, 0.6) is 5.75 Å². The number of aromatic nitrogens is 4. The van der Waals surface area contributed by atoms with Crippen LogP contribution in [0.1, 0.15) is 78.2 Å². The Morgan fingerprint density at radius 3 is 2.04 bits per heavy atom. The van der Waals surface area contributed by atoms with Crippen LogP contribution in [0.3, 0.4) is 0 Å². The third-order valence-electron chi connectivity index (χ3n) is 9.75. The molecule has 10 nitrogen and oxygen atoms in total. The highest BCUT2D eigenvalue weighted by Crippen LogP contribution is 2.30. The Morgan fingerprint density at radius 1 is 0.739 bits per heavy atom. The molecule has 0 saturated heterocycles. The molecular weight excluding hydrogens is 857 g/mol. The topological polar surface area (TPSA) is 124 Å². The summed E-state index contributed by atoms with van der Waals surface area (Å²) >= 11 is 0. The minimum atomic E-state index is -0.114. The number of hydrogen-bond acceptors (Lipinski definition) is 10. The minimum absolute atomic E-state index is 0.00790. The van der Waals surface area contributed by atoms with Gasteiger partial charge in [-0.15, -0.1) is 12.8 Å². The van der Waals surface area contributed by atoms with Gasteiger partial charge in [-0.2, -0.15) is 0 Å². The first kappa shape index (κ1) is 56.0. The van der Waals surface area contributed by atoms with E-state index in [1.165, 1.54) is 12.8 Å². The molecule has 5 heterocycles. The monoisotopic (exact) mass is 925 g/mol. The number of pyridine rings is 4. The van der Waals surface area contributed by atoms with Crippen molar-refractivity contribution in [2.75, 3.05) is 33.0 Å². The van der Waals surface area contributed by atoms with E-state index in [1.54, 1.807) is 18.6 Å². The molecule has 69 heavy (non-hydrogen) atoms. The van der Waals surface area contributed by atoms with E-state index in [0.29, 0.717) is 33.0 Å². The number of terminal acetylenes is 1. The number of hydrogen-bond donors (Lipinski definition) is 1. The second-order valence-electron chi connectivity index (χ2n) is 14.7. The predicted octanol–water partition coefficient (Wildman–Crippen LogP) is 12.9. The van der Waals surface area contributed by atoms with Gasteiger partial charge in [0.2, 0.25) is 0 Å². The van der Waals surface area contributed by atoms with Gasteiger partial charge in [0, 0.05) is 24.8 Å². The Kier molecular flexibility index (Phi) is 28.3. The van der Waals surface area contributed by atoms with Crippen molar-refractivity contribution in [3.63, 3.8) is 0 Å². The molecule has 0 fully saturated rings. The molecule has 0 radical (unpaired) electrons. The lowest BCUT2D eigenvalue weighted by atomic mass is 10.0. The molecule has 1 N–H and O–H groups in total. The lowest BCUT2D eigenvalue weighted by molar-refractivity contribution is -0.0333. The van der Waals surface area contributed by atoms with Crippen LogP contribution in [0.15, 0.2) is 162 Å². The maximum atomic E-state index is 8.87. The van der Waals surface area contributed by atoms with E-state index in [0.717, 1.165) is 68.6 Å². The smallest absolute Gasteiger partial charge is 0.119 e. The quantitative estimate of drug-likeness (QED) is 0.0484. The van der Waals surface area contributed by atoms with E-state index in [4.69, 9.17) is 29.3 Å². The fraction of sp³-hybridized carbons (Fsp3) is 0.288. The predicted molar refractivity (Wildman–Crippen MR) is 285 cm³/mol. The van der Waals surface area contributed by atoms with Gasteiger partial charge in [-0.25, -0.2) is 9.97 Å². The van der Waals surface area contributed by atoms with Crippen molar-refractivity contribution in [2.24, 2.45) is 9.98 Å². The first-order chi connectivity index (χ1) is 34.0. The van der Waals surface area contributed by atoms with Gasteiger partial charge >= 0.3 is 0 Å². The van der Waals surface area contributed by atoms with Crippen molar-refractivity contribution >= 4 is 12.4 Å². The molecule has 0 amide bonds. The summed E-state index contributed by atoms with van der Waals surface area (Å²) in [5.41, 5.74) is 9.32. The summed E-state index contributed by atoms with van der Waals surface area (Å²) in [7, 11) is 0. The van der Waals surface area contributed by atoms with Crippen LogP contribution in [-0.4, -0.2) is 76.6 Å². The molecule has 2 aromatic carbocycles. The van der Waals surface area contributed by atoms with Gasteiger partial charge in [0.05, 0.1) is 73.2 Å². The molecule has 0 bridgehead atoms. The van der Waals surface area contributed by atoms with Crippen LogP contribution in [0.25, 0.3) is 45.0 Å². The lowest BCUT2D eigenvalue weighted by Gasteiger charge is -2.15. The molecule has 4 aromatic heterocycles. The van der Waals surface area contributed by atoms with Crippen LogP contribution >= 0.6 is 0 Å². The van der Waals surface area contributed by atoms with Crippen LogP contribution in [0.4, 0.5) is 0 Å².